The molecule has 0 aromatic rings. The highest BCUT2D eigenvalue weighted by Gasteiger charge is 1.85. The van der Waals surface area contributed by atoms with Gasteiger partial charge in [-0.25, -0.2) is 0 Å². The summed E-state index contributed by atoms with van der Waals surface area (Å²) in [6, 6.07) is 0. The SMILES string of the molecule is C1=CSCN1.C1=NCSC1. The molecule has 2 rings (SSSR count). The lowest BCUT2D eigenvalue weighted by atomic mass is 10.9. The highest BCUT2D eigenvalue weighted by molar-refractivity contribution is 8.02. The lowest BCUT2D eigenvalue weighted by Crippen LogP contribution is -1.93. The Morgan fingerprint density at radius 3 is 2.70 bits per heavy atom. The van der Waals surface area contributed by atoms with Gasteiger partial charge in [0.1, 0.15) is 0 Å². The first-order valence-corrected chi connectivity index (χ1v) is 5.26. The molecule has 4 heteroatoms. The molecular formula is C6H10N2S2. The molecule has 0 saturated carbocycles. The quantitative estimate of drug-likeness (QED) is 0.602. The van der Waals surface area contributed by atoms with Crippen LogP contribution in [-0.4, -0.2) is 23.7 Å². The van der Waals surface area contributed by atoms with E-state index in [1.807, 2.05) is 29.6 Å². The Hall–Kier alpha value is -0.0900. The van der Waals surface area contributed by atoms with Gasteiger partial charge in [0, 0.05) is 18.2 Å². The average Bonchev–Trinajstić information content (AvgIpc) is 2.67. The summed E-state index contributed by atoms with van der Waals surface area (Å²) in [7, 11) is 0. The normalized spacial score (nSPS) is 20.0. The van der Waals surface area contributed by atoms with Gasteiger partial charge in [-0.3, -0.25) is 4.99 Å². The largest absolute Gasteiger partial charge is 0.381 e. The van der Waals surface area contributed by atoms with E-state index in [0.29, 0.717) is 0 Å². The minimum absolute atomic E-state index is 0.986. The van der Waals surface area contributed by atoms with Crippen LogP contribution < -0.4 is 5.32 Å². The van der Waals surface area contributed by atoms with E-state index in [9.17, 15) is 0 Å². The number of aliphatic imine (C=N–C) groups is 1. The zero-order chi connectivity index (χ0) is 7.07. The lowest BCUT2D eigenvalue weighted by molar-refractivity contribution is 1.08. The molecule has 0 radical (unpaired) electrons. The minimum Gasteiger partial charge on any atom is -0.381 e. The van der Waals surface area contributed by atoms with E-state index in [0.717, 1.165) is 17.5 Å². The first-order valence-electron chi connectivity index (χ1n) is 3.06. The molecule has 0 unspecified atom stereocenters. The van der Waals surface area contributed by atoms with Crippen LogP contribution in [0.4, 0.5) is 0 Å². The van der Waals surface area contributed by atoms with Gasteiger partial charge in [0.25, 0.3) is 0 Å². The molecule has 2 aliphatic heterocycles. The predicted octanol–water partition coefficient (Wildman–Crippen LogP) is 1.51. The van der Waals surface area contributed by atoms with Gasteiger partial charge in [0.15, 0.2) is 0 Å². The molecule has 0 saturated heterocycles. The molecule has 10 heavy (non-hydrogen) atoms. The molecule has 1 N–H and O–H groups in total. The Morgan fingerprint density at radius 1 is 1.50 bits per heavy atom. The number of hydrogen-bond donors (Lipinski definition) is 1. The number of thioether (sulfide) groups is 2. The molecule has 0 aromatic carbocycles. The first kappa shape index (κ1) is 8.01. The third-order valence-corrected chi connectivity index (χ3v) is 2.31. The van der Waals surface area contributed by atoms with Gasteiger partial charge in [0.05, 0.1) is 11.8 Å². The Labute approximate surface area is 69.6 Å². The van der Waals surface area contributed by atoms with Gasteiger partial charge < -0.3 is 5.32 Å². The molecule has 2 aliphatic rings. The summed E-state index contributed by atoms with van der Waals surface area (Å²) in [5, 5.41) is 5.05. The van der Waals surface area contributed by atoms with Crippen LogP contribution in [0.15, 0.2) is 16.6 Å². The number of rotatable bonds is 0. The molecule has 0 aliphatic carbocycles. The van der Waals surface area contributed by atoms with E-state index in [2.05, 4.69) is 10.3 Å². The van der Waals surface area contributed by atoms with Gasteiger partial charge in [-0.15, -0.1) is 23.5 Å². The van der Waals surface area contributed by atoms with Crippen molar-refractivity contribution >= 4 is 29.7 Å². The topological polar surface area (TPSA) is 24.4 Å². The number of hydrogen-bond acceptors (Lipinski definition) is 4. The van der Waals surface area contributed by atoms with E-state index in [4.69, 9.17) is 0 Å². The van der Waals surface area contributed by atoms with Gasteiger partial charge in [-0.1, -0.05) is 0 Å². The molecule has 56 valence electrons. The van der Waals surface area contributed by atoms with E-state index < -0.39 is 0 Å². The summed E-state index contributed by atoms with van der Waals surface area (Å²) < 4.78 is 0. The second-order valence-electron chi connectivity index (χ2n) is 1.68. The van der Waals surface area contributed by atoms with Crippen LogP contribution in [0.5, 0.6) is 0 Å². The second kappa shape index (κ2) is 5.68. The standard InChI is InChI=1S/2C3H5NS/c2*1-2-5-3-4-1/h1H,2-3H2;1-2,4H,3H2. The molecule has 0 bridgehead atoms. The van der Waals surface area contributed by atoms with Crippen molar-refractivity contribution in [1.82, 2.24) is 5.32 Å². The van der Waals surface area contributed by atoms with Crippen molar-refractivity contribution < 1.29 is 0 Å². The maximum Gasteiger partial charge on any atom is 0.0844 e. The minimum atomic E-state index is 0.986. The van der Waals surface area contributed by atoms with Crippen molar-refractivity contribution in [3.63, 3.8) is 0 Å². The van der Waals surface area contributed by atoms with Crippen molar-refractivity contribution in [3.8, 4) is 0 Å². The Morgan fingerprint density at radius 2 is 2.50 bits per heavy atom. The monoisotopic (exact) mass is 174 g/mol. The lowest BCUT2D eigenvalue weighted by Gasteiger charge is -1.77. The first-order chi connectivity index (χ1) is 5.00. The Bertz CT molecular complexity index is 106. The van der Waals surface area contributed by atoms with Gasteiger partial charge in [0.2, 0.25) is 0 Å². The number of nitrogens with zero attached hydrogens (tertiary/aromatic N) is 1. The maximum absolute atomic E-state index is 3.92. The molecule has 0 atom stereocenters. The summed E-state index contributed by atoms with van der Waals surface area (Å²) in [4.78, 5) is 3.92. The van der Waals surface area contributed by atoms with Crippen LogP contribution in [-0.2, 0) is 0 Å². The van der Waals surface area contributed by atoms with Crippen LogP contribution in [0.3, 0.4) is 0 Å². The van der Waals surface area contributed by atoms with Crippen molar-refractivity contribution in [1.29, 1.82) is 0 Å². The van der Waals surface area contributed by atoms with Gasteiger partial charge in [-0.05, 0) is 5.41 Å². The smallest absolute Gasteiger partial charge is 0.0844 e. The molecular weight excluding hydrogens is 164 g/mol. The zero-order valence-electron chi connectivity index (χ0n) is 5.62. The fourth-order valence-electron chi connectivity index (χ4n) is 0.504. The highest BCUT2D eigenvalue weighted by Crippen LogP contribution is 2.02. The second-order valence-corrected chi connectivity index (χ2v) is 3.58. The Balaban J connectivity index is 0.0000001000. The van der Waals surface area contributed by atoms with Crippen molar-refractivity contribution in [2.24, 2.45) is 4.99 Å². The summed E-state index contributed by atoms with van der Waals surface area (Å²) in [5.41, 5.74) is 0. The van der Waals surface area contributed by atoms with E-state index in [1.165, 1.54) is 0 Å². The predicted molar refractivity (Wildman–Crippen MR) is 50.6 cm³/mol. The third-order valence-electron chi connectivity index (χ3n) is 0.936. The molecule has 0 fully saturated rings. The van der Waals surface area contributed by atoms with Crippen LogP contribution in [0, 0.1) is 0 Å². The van der Waals surface area contributed by atoms with E-state index in [-0.39, 0.29) is 0 Å². The van der Waals surface area contributed by atoms with Crippen LogP contribution in [0.25, 0.3) is 0 Å². The maximum atomic E-state index is 3.92. The molecule has 0 spiro atoms. The van der Waals surface area contributed by atoms with Gasteiger partial charge >= 0.3 is 0 Å². The van der Waals surface area contributed by atoms with Crippen molar-refractivity contribution in [2.45, 2.75) is 0 Å². The summed E-state index contributed by atoms with van der Waals surface area (Å²) in [6.45, 7) is 0. The third kappa shape index (κ3) is 3.85. The fourth-order valence-corrected chi connectivity index (χ4v) is 1.51. The molecule has 2 heterocycles. The average molecular weight is 174 g/mol. The molecule has 0 aromatic heterocycles. The number of nitrogens with one attached hydrogen (secondary N) is 1. The summed E-state index contributed by atoms with van der Waals surface area (Å²) in [6.07, 6.45) is 3.90. The fraction of sp³-hybridized carbons (Fsp3) is 0.500. The molecule has 2 nitrogen and oxygen atoms in total. The van der Waals surface area contributed by atoms with E-state index in [1.54, 1.807) is 11.8 Å². The Kier molecular flexibility index (Phi) is 4.55. The summed E-state index contributed by atoms with van der Waals surface area (Å²) in [5.74, 6) is 3.17. The van der Waals surface area contributed by atoms with Crippen molar-refractivity contribution in [2.75, 3.05) is 17.5 Å². The summed E-state index contributed by atoms with van der Waals surface area (Å²) >= 11 is 3.63. The van der Waals surface area contributed by atoms with Crippen molar-refractivity contribution in [3.05, 3.63) is 11.6 Å². The highest BCUT2D eigenvalue weighted by atomic mass is 32.2. The van der Waals surface area contributed by atoms with Crippen LogP contribution in [0.1, 0.15) is 0 Å². The van der Waals surface area contributed by atoms with Gasteiger partial charge in [-0.2, -0.15) is 0 Å². The van der Waals surface area contributed by atoms with E-state index >= 15 is 0 Å². The van der Waals surface area contributed by atoms with Crippen LogP contribution in [0.2, 0.25) is 0 Å². The molecule has 0 amide bonds. The van der Waals surface area contributed by atoms with Crippen LogP contribution >= 0.6 is 23.5 Å². The zero-order valence-corrected chi connectivity index (χ0v) is 7.25.